The molecular formula is C21H37N2O3+. The van der Waals surface area contributed by atoms with E-state index in [2.05, 4.69) is 21.1 Å². The molecule has 0 amide bonds. The van der Waals surface area contributed by atoms with Crippen LogP contribution in [-0.2, 0) is 16.0 Å². The topological polar surface area (TPSA) is 61.5 Å². The maximum atomic E-state index is 11.9. The monoisotopic (exact) mass is 365 g/mol. The maximum absolute atomic E-state index is 11.9. The second kappa shape index (κ2) is 9.93. The Bertz CT molecular complexity index is 542. The molecule has 0 aliphatic carbocycles. The van der Waals surface area contributed by atoms with Crippen LogP contribution in [0.2, 0.25) is 0 Å². The highest BCUT2D eigenvalue weighted by molar-refractivity contribution is 5.76. The zero-order chi connectivity index (χ0) is 19.8. The number of esters is 1. The van der Waals surface area contributed by atoms with Crippen LogP contribution in [0.25, 0.3) is 0 Å². The van der Waals surface area contributed by atoms with Crippen LogP contribution in [0.3, 0.4) is 0 Å². The minimum atomic E-state index is -0.651. The van der Waals surface area contributed by atoms with Gasteiger partial charge in [0.25, 0.3) is 0 Å². The van der Waals surface area contributed by atoms with E-state index in [0.717, 1.165) is 28.8 Å². The van der Waals surface area contributed by atoms with Gasteiger partial charge in [0.15, 0.2) is 0 Å². The van der Waals surface area contributed by atoms with Gasteiger partial charge in [-0.05, 0) is 64.2 Å². The molecule has 0 aliphatic rings. The normalized spacial score (nSPS) is 13.3. The SMILES string of the molecule is CC(C)(C)OC(=O)[C@@H](N)Cc1ccc(OCCCCC[N+](C)(C)C)cc1. The number of carbonyl (C=O) groups excluding carboxylic acids is 1. The molecule has 0 spiro atoms. The Morgan fingerprint density at radius 1 is 1.08 bits per heavy atom. The molecule has 148 valence electrons. The average molecular weight is 366 g/mol. The van der Waals surface area contributed by atoms with Crippen molar-refractivity contribution >= 4 is 5.97 Å². The van der Waals surface area contributed by atoms with Gasteiger partial charge in [-0.3, -0.25) is 4.79 Å². The van der Waals surface area contributed by atoms with Crippen molar-refractivity contribution in [1.29, 1.82) is 0 Å². The van der Waals surface area contributed by atoms with Crippen molar-refractivity contribution in [3.8, 4) is 5.75 Å². The van der Waals surface area contributed by atoms with E-state index in [1.165, 1.54) is 19.4 Å². The predicted octanol–water partition coefficient (Wildman–Crippen LogP) is 3.15. The lowest BCUT2D eigenvalue weighted by Gasteiger charge is -2.23. The summed E-state index contributed by atoms with van der Waals surface area (Å²) < 4.78 is 12.1. The van der Waals surface area contributed by atoms with Crippen molar-refractivity contribution in [2.75, 3.05) is 34.3 Å². The Balaban J connectivity index is 2.31. The summed E-state index contributed by atoms with van der Waals surface area (Å²) in [6.07, 6.45) is 3.91. The lowest BCUT2D eigenvalue weighted by atomic mass is 10.1. The number of benzene rings is 1. The standard InChI is InChI=1S/C21H37N2O3/c1-21(2,3)26-20(24)19(22)16-17-10-12-18(13-11-17)25-15-9-7-8-14-23(4,5)6/h10-13,19H,7-9,14-16,22H2,1-6H3/q+1/t19-/m0/s1. The third-order valence-electron chi connectivity index (χ3n) is 3.83. The van der Waals surface area contributed by atoms with Crippen molar-refractivity contribution in [1.82, 2.24) is 0 Å². The Labute approximate surface area is 159 Å². The summed E-state index contributed by atoms with van der Waals surface area (Å²) in [5.41, 5.74) is 6.43. The third-order valence-corrected chi connectivity index (χ3v) is 3.83. The Morgan fingerprint density at radius 3 is 2.23 bits per heavy atom. The number of hydrogen-bond acceptors (Lipinski definition) is 4. The van der Waals surface area contributed by atoms with Crippen LogP contribution in [0.15, 0.2) is 24.3 Å². The van der Waals surface area contributed by atoms with Crippen LogP contribution in [0.4, 0.5) is 0 Å². The number of unbranched alkanes of at least 4 members (excludes halogenated alkanes) is 2. The second-order valence-corrected chi connectivity index (χ2v) is 8.91. The molecule has 0 fully saturated rings. The maximum Gasteiger partial charge on any atom is 0.323 e. The van der Waals surface area contributed by atoms with E-state index >= 15 is 0 Å². The highest BCUT2D eigenvalue weighted by Gasteiger charge is 2.22. The summed E-state index contributed by atoms with van der Waals surface area (Å²) >= 11 is 0. The highest BCUT2D eigenvalue weighted by atomic mass is 16.6. The summed E-state index contributed by atoms with van der Waals surface area (Å²) in [5, 5.41) is 0. The number of nitrogens with zero attached hydrogens (tertiary/aromatic N) is 1. The second-order valence-electron chi connectivity index (χ2n) is 8.91. The first-order chi connectivity index (χ1) is 12.0. The average Bonchev–Trinajstić information content (AvgIpc) is 2.49. The number of carbonyl (C=O) groups is 1. The van der Waals surface area contributed by atoms with E-state index in [1.54, 1.807) is 0 Å². The smallest absolute Gasteiger partial charge is 0.323 e. The molecule has 0 aromatic heterocycles. The molecule has 0 bridgehead atoms. The third kappa shape index (κ3) is 10.4. The molecule has 2 N–H and O–H groups in total. The van der Waals surface area contributed by atoms with E-state index in [-0.39, 0.29) is 5.97 Å². The Kier molecular flexibility index (Phi) is 8.57. The fraction of sp³-hybridized carbons (Fsp3) is 0.667. The van der Waals surface area contributed by atoms with Crippen LogP contribution in [0.5, 0.6) is 5.75 Å². The molecule has 1 atom stereocenters. The molecule has 0 radical (unpaired) electrons. The summed E-state index contributed by atoms with van der Waals surface area (Å²) in [5.74, 6) is 0.484. The van der Waals surface area contributed by atoms with Crippen LogP contribution in [0.1, 0.15) is 45.6 Å². The zero-order valence-corrected chi connectivity index (χ0v) is 17.4. The van der Waals surface area contributed by atoms with Gasteiger partial charge < -0.3 is 19.7 Å². The van der Waals surface area contributed by atoms with E-state index in [9.17, 15) is 4.79 Å². The molecule has 0 heterocycles. The predicted molar refractivity (Wildman–Crippen MR) is 106 cm³/mol. The lowest BCUT2D eigenvalue weighted by molar-refractivity contribution is -0.870. The van der Waals surface area contributed by atoms with E-state index in [1.807, 2.05) is 45.0 Å². The van der Waals surface area contributed by atoms with Gasteiger partial charge in [0.2, 0.25) is 0 Å². The van der Waals surface area contributed by atoms with Crippen molar-refractivity contribution in [3.05, 3.63) is 29.8 Å². The van der Waals surface area contributed by atoms with Gasteiger partial charge in [-0.2, -0.15) is 0 Å². The first-order valence-corrected chi connectivity index (χ1v) is 9.47. The number of quaternary nitrogens is 1. The van der Waals surface area contributed by atoms with Crippen LogP contribution < -0.4 is 10.5 Å². The lowest BCUT2D eigenvalue weighted by Crippen LogP contribution is -2.38. The minimum Gasteiger partial charge on any atom is -0.494 e. The Hall–Kier alpha value is -1.59. The largest absolute Gasteiger partial charge is 0.494 e. The van der Waals surface area contributed by atoms with Crippen LogP contribution in [-0.4, -0.2) is 56.4 Å². The number of nitrogens with two attached hydrogens (primary N) is 1. The summed E-state index contributed by atoms with van der Waals surface area (Å²) in [6, 6.07) is 7.13. The molecule has 1 aromatic carbocycles. The summed E-state index contributed by atoms with van der Waals surface area (Å²) in [7, 11) is 6.65. The number of hydrogen-bond donors (Lipinski definition) is 1. The number of rotatable bonds is 10. The summed E-state index contributed by atoms with van der Waals surface area (Å²) in [4.78, 5) is 11.9. The highest BCUT2D eigenvalue weighted by Crippen LogP contribution is 2.15. The first-order valence-electron chi connectivity index (χ1n) is 9.47. The molecule has 0 aliphatic heterocycles. The van der Waals surface area contributed by atoms with Crippen molar-refractivity contribution in [2.24, 2.45) is 5.73 Å². The van der Waals surface area contributed by atoms with Crippen molar-refractivity contribution in [3.63, 3.8) is 0 Å². The van der Waals surface area contributed by atoms with Crippen molar-refractivity contribution < 1.29 is 18.8 Å². The molecule has 0 saturated carbocycles. The Morgan fingerprint density at radius 2 is 1.69 bits per heavy atom. The molecular weight excluding hydrogens is 328 g/mol. The quantitative estimate of drug-likeness (QED) is 0.393. The van der Waals surface area contributed by atoms with E-state index < -0.39 is 11.6 Å². The minimum absolute atomic E-state index is 0.369. The molecule has 1 aromatic rings. The summed E-state index contributed by atoms with van der Waals surface area (Å²) in [6.45, 7) is 7.44. The molecule has 0 unspecified atom stereocenters. The zero-order valence-electron chi connectivity index (χ0n) is 17.4. The van der Waals surface area contributed by atoms with Gasteiger partial charge in [0.05, 0.1) is 34.3 Å². The number of ether oxygens (including phenoxy) is 2. The van der Waals surface area contributed by atoms with Gasteiger partial charge >= 0.3 is 5.97 Å². The van der Waals surface area contributed by atoms with Gasteiger partial charge in [-0.1, -0.05) is 12.1 Å². The van der Waals surface area contributed by atoms with Gasteiger partial charge in [0.1, 0.15) is 17.4 Å². The fourth-order valence-corrected chi connectivity index (χ4v) is 2.49. The van der Waals surface area contributed by atoms with Gasteiger partial charge in [-0.15, -0.1) is 0 Å². The van der Waals surface area contributed by atoms with Gasteiger partial charge in [-0.25, -0.2) is 0 Å². The molecule has 5 heteroatoms. The van der Waals surface area contributed by atoms with E-state index in [0.29, 0.717) is 6.42 Å². The molecule has 1 rings (SSSR count). The molecule has 26 heavy (non-hydrogen) atoms. The molecule has 5 nitrogen and oxygen atoms in total. The van der Waals surface area contributed by atoms with E-state index in [4.69, 9.17) is 15.2 Å². The molecule has 0 saturated heterocycles. The van der Waals surface area contributed by atoms with Crippen LogP contribution >= 0.6 is 0 Å². The van der Waals surface area contributed by atoms with Crippen molar-refractivity contribution in [2.45, 2.75) is 58.1 Å². The van der Waals surface area contributed by atoms with Gasteiger partial charge in [0, 0.05) is 0 Å². The van der Waals surface area contributed by atoms with Crippen LogP contribution in [0, 0.1) is 0 Å². The first kappa shape index (κ1) is 22.5. The fourth-order valence-electron chi connectivity index (χ4n) is 2.49.